The van der Waals surface area contributed by atoms with Crippen LogP contribution in [0.15, 0.2) is 30.6 Å². The Morgan fingerprint density at radius 3 is 2.22 bits per heavy atom. The van der Waals surface area contributed by atoms with Crippen molar-refractivity contribution in [3.8, 4) is 0 Å². The van der Waals surface area contributed by atoms with Crippen molar-refractivity contribution in [1.82, 2.24) is 25.1 Å². The number of aromatic nitrogens is 2. The molecule has 5 heterocycles. The first-order chi connectivity index (χ1) is 19.8. The monoisotopic (exact) mass is 560 g/mol. The molecule has 3 saturated heterocycles. The number of nitrogens with two attached hydrogens (primary N) is 1. The van der Waals surface area contributed by atoms with Gasteiger partial charge in [-0.25, -0.2) is 9.97 Å². The van der Waals surface area contributed by atoms with Crippen LogP contribution in [-0.2, 0) is 9.59 Å². The van der Waals surface area contributed by atoms with Crippen molar-refractivity contribution >= 4 is 41.2 Å². The second-order valence-electron chi connectivity index (χ2n) is 11.0. The quantitative estimate of drug-likeness (QED) is 0.461. The lowest BCUT2D eigenvalue weighted by Gasteiger charge is -2.39. The Morgan fingerprint density at radius 2 is 1.56 bits per heavy atom. The van der Waals surface area contributed by atoms with Crippen molar-refractivity contribution in [3.63, 3.8) is 0 Å². The summed E-state index contributed by atoms with van der Waals surface area (Å²) in [6, 6.07) is 4.32. The minimum atomic E-state index is -0.964. The molecular formula is C28H32N8O5. The summed E-state index contributed by atoms with van der Waals surface area (Å²) in [6.07, 6.45) is 5.25. The Kier molecular flexibility index (Phi) is 7.12. The molecule has 0 saturated carbocycles. The van der Waals surface area contributed by atoms with E-state index >= 15 is 0 Å². The molecule has 0 aliphatic carbocycles. The molecule has 3 fully saturated rings. The molecule has 0 bridgehead atoms. The van der Waals surface area contributed by atoms with Crippen molar-refractivity contribution in [3.05, 3.63) is 47.3 Å². The number of piperidine rings is 2. The van der Waals surface area contributed by atoms with E-state index in [1.807, 2.05) is 6.07 Å². The van der Waals surface area contributed by atoms with Crippen LogP contribution in [0.1, 0.15) is 56.8 Å². The number of hydrogen-bond acceptors (Lipinski definition) is 10. The lowest BCUT2D eigenvalue weighted by Crippen LogP contribution is -2.54. The molecule has 214 valence electrons. The molecule has 41 heavy (non-hydrogen) atoms. The van der Waals surface area contributed by atoms with Gasteiger partial charge in [0.2, 0.25) is 17.8 Å². The summed E-state index contributed by atoms with van der Waals surface area (Å²) < 4.78 is 0. The fraction of sp³-hybridized carbons (Fsp3) is 0.464. The van der Waals surface area contributed by atoms with Crippen molar-refractivity contribution < 1.29 is 24.0 Å². The zero-order chi connectivity index (χ0) is 28.7. The number of hydrogen-bond donors (Lipinski definition) is 2. The van der Waals surface area contributed by atoms with E-state index in [2.05, 4.69) is 30.0 Å². The first-order valence-corrected chi connectivity index (χ1v) is 14.0. The van der Waals surface area contributed by atoms with E-state index in [1.54, 1.807) is 12.1 Å². The van der Waals surface area contributed by atoms with Crippen LogP contribution in [0.25, 0.3) is 0 Å². The van der Waals surface area contributed by atoms with Crippen LogP contribution < -0.4 is 20.9 Å². The average molecular weight is 561 g/mol. The highest BCUT2D eigenvalue weighted by Crippen LogP contribution is 2.31. The Bertz CT molecular complexity index is 1400. The van der Waals surface area contributed by atoms with Crippen molar-refractivity contribution in [2.45, 2.75) is 31.7 Å². The van der Waals surface area contributed by atoms with E-state index in [0.29, 0.717) is 28.6 Å². The Labute approximate surface area is 236 Å². The SMILES string of the molecule is NC(=O)c1cnc(N2CCC(CN3CCN(c4ccc5c(c4)C(=O)N(C4CCC(=O)NC4=O)C5=O)CC3)CC2)nc1. The third kappa shape index (κ3) is 5.24. The summed E-state index contributed by atoms with van der Waals surface area (Å²) >= 11 is 0. The number of fused-ring (bicyclic) bond motifs is 1. The Hall–Kier alpha value is -4.39. The van der Waals surface area contributed by atoms with Gasteiger partial charge >= 0.3 is 0 Å². The fourth-order valence-corrected chi connectivity index (χ4v) is 6.14. The summed E-state index contributed by atoms with van der Waals surface area (Å²) in [7, 11) is 0. The van der Waals surface area contributed by atoms with E-state index in [9.17, 15) is 24.0 Å². The number of carbonyl (C=O) groups excluding carboxylic acids is 5. The first kappa shape index (κ1) is 26.8. The van der Waals surface area contributed by atoms with E-state index in [0.717, 1.165) is 69.2 Å². The number of anilines is 2. The molecule has 1 unspecified atom stereocenters. The lowest BCUT2D eigenvalue weighted by molar-refractivity contribution is -0.136. The molecule has 13 heteroatoms. The van der Waals surface area contributed by atoms with Crippen molar-refractivity contribution in [2.75, 3.05) is 55.6 Å². The number of benzene rings is 1. The van der Waals surface area contributed by atoms with Crippen LogP contribution in [0.3, 0.4) is 0 Å². The van der Waals surface area contributed by atoms with Gasteiger partial charge in [0.25, 0.3) is 17.7 Å². The van der Waals surface area contributed by atoms with E-state index in [-0.39, 0.29) is 12.8 Å². The highest BCUT2D eigenvalue weighted by Gasteiger charge is 2.44. The number of nitrogens with zero attached hydrogens (tertiary/aromatic N) is 6. The minimum absolute atomic E-state index is 0.0963. The topological polar surface area (TPSA) is 162 Å². The molecule has 4 aliphatic rings. The maximum atomic E-state index is 13.2. The number of carbonyl (C=O) groups is 5. The third-order valence-corrected chi connectivity index (χ3v) is 8.50. The molecule has 6 rings (SSSR count). The van der Waals surface area contributed by atoms with Crippen LogP contribution in [0.5, 0.6) is 0 Å². The molecule has 4 aliphatic heterocycles. The smallest absolute Gasteiger partial charge is 0.262 e. The van der Waals surface area contributed by atoms with Crippen LogP contribution in [0, 0.1) is 5.92 Å². The van der Waals surface area contributed by atoms with Gasteiger partial charge < -0.3 is 15.5 Å². The molecule has 0 spiro atoms. The normalized spacial score (nSPS) is 22.2. The maximum Gasteiger partial charge on any atom is 0.262 e. The highest BCUT2D eigenvalue weighted by molar-refractivity contribution is 6.23. The molecular weight excluding hydrogens is 528 g/mol. The molecule has 1 atom stereocenters. The molecule has 1 aromatic carbocycles. The number of nitrogens with one attached hydrogen (secondary N) is 1. The number of amides is 5. The van der Waals surface area contributed by atoms with Gasteiger partial charge in [0.05, 0.1) is 16.7 Å². The van der Waals surface area contributed by atoms with Gasteiger partial charge in [-0.2, -0.15) is 0 Å². The fourth-order valence-electron chi connectivity index (χ4n) is 6.14. The van der Waals surface area contributed by atoms with Crippen molar-refractivity contribution in [2.24, 2.45) is 11.7 Å². The zero-order valence-electron chi connectivity index (χ0n) is 22.6. The predicted octanol–water partition coefficient (Wildman–Crippen LogP) is 0.0153. The van der Waals surface area contributed by atoms with Gasteiger partial charge in [-0.1, -0.05) is 0 Å². The third-order valence-electron chi connectivity index (χ3n) is 8.50. The van der Waals surface area contributed by atoms with E-state index in [4.69, 9.17) is 5.73 Å². The van der Waals surface area contributed by atoms with Crippen LogP contribution in [-0.4, -0.2) is 101 Å². The van der Waals surface area contributed by atoms with E-state index in [1.165, 1.54) is 12.4 Å². The largest absolute Gasteiger partial charge is 0.369 e. The molecule has 5 amide bonds. The standard InChI is InChI=1S/C28H32N8O5/c29-24(38)18-14-30-28(31-15-18)35-7-5-17(6-8-35)16-33-9-11-34(12-10-33)19-1-2-20-21(13-19)27(41)36(26(20)40)22-3-4-23(37)32-25(22)39/h1-2,13-15,17,22H,3-12,16H2,(H2,29,38)(H,32,37,39). The van der Waals surface area contributed by atoms with Gasteiger partial charge in [0.1, 0.15) is 6.04 Å². The summed E-state index contributed by atoms with van der Waals surface area (Å²) in [5, 5.41) is 2.23. The van der Waals surface area contributed by atoms with Gasteiger partial charge in [-0.05, 0) is 43.4 Å². The number of piperazine rings is 1. The van der Waals surface area contributed by atoms with Crippen LogP contribution >= 0.6 is 0 Å². The number of primary amides is 1. The van der Waals surface area contributed by atoms with Gasteiger partial charge in [0.15, 0.2) is 0 Å². The number of rotatable bonds is 6. The van der Waals surface area contributed by atoms with Gasteiger partial charge in [-0.15, -0.1) is 0 Å². The van der Waals surface area contributed by atoms with Crippen molar-refractivity contribution in [1.29, 1.82) is 0 Å². The number of imide groups is 2. The Balaban J connectivity index is 1.01. The molecule has 1 aromatic heterocycles. The van der Waals surface area contributed by atoms with Crippen LogP contribution in [0.2, 0.25) is 0 Å². The maximum absolute atomic E-state index is 13.2. The van der Waals surface area contributed by atoms with Crippen LogP contribution in [0.4, 0.5) is 11.6 Å². The lowest BCUT2D eigenvalue weighted by atomic mass is 9.96. The highest BCUT2D eigenvalue weighted by atomic mass is 16.2. The second-order valence-corrected chi connectivity index (χ2v) is 11.0. The molecule has 0 radical (unpaired) electrons. The molecule has 2 aromatic rings. The summed E-state index contributed by atoms with van der Waals surface area (Å²) in [5.74, 6) is -1.31. The summed E-state index contributed by atoms with van der Waals surface area (Å²) in [6.45, 7) is 6.12. The molecule has 3 N–H and O–H groups in total. The second kappa shape index (κ2) is 10.9. The first-order valence-electron chi connectivity index (χ1n) is 14.0. The zero-order valence-corrected chi connectivity index (χ0v) is 22.6. The van der Waals surface area contributed by atoms with Gasteiger partial charge in [0, 0.05) is 70.3 Å². The minimum Gasteiger partial charge on any atom is -0.369 e. The van der Waals surface area contributed by atoms with Gasteiger partial charge in [-0.3, -0.25) is 39.1 Å². The predicted molar refractivity (Wildman–Crippen MR) is 147 cm³/mol. The Morgan fingerprint density at radius 1 is 0.878 bits per heavy atom. The summed E-state index contributed by atoms with van der Waals surface area (Å²) in [4.78, 5) is 77.7. The summed E-state index contributed by atoms with van der Waals surface area (Å²) in [5.41, 5.74) is 7.05. The van der Waals surface area contributed by atoms with E-state index < -0.39 is 35.6 Å². The average Bonchev–Trinajstić information content (AvgIpc) is 3.23. The molecule has 13 nitrogen and oxygen atoms in total.